The minimum Gasteiger partial charge on any atom is -0.508 e. The Labute approximate surface area is 105 Å². The first-order chi connectivity index (χ1) is 8.60. The minimum absolute atomic E-state index is 0.191. The summed E-state index contributed by atoms with van der Waals surface area (Å²) in [6.07, 6.45) is 0. The first-order valence-electron chi connectivity index (χ1n) is 5.38. The van der Waals surface area contributed by atoms with Gasteiger partial charge in [-0.3, -0.25) is 0 Å². The maximum atomic E-state index is 11.5. The van der Waals surface area contributed by atoms with Crippen molar-refractivity contribution in [1.29, 1.82) is 0 Å². The van der Waals surface area contributed by atoms with Crippen molar-refractivity contribution in [3.05, 3.63) is 48.0 Å². The topological polar surface area (TPSA) is 72.5 Å². The van der Waals surface area contributed by atoms with Crippen molar-refractivity contribution in [3.63, 3.8) is 0 Å². The Hall–Kier alpha value is -2.49. The molecule has 4 nitrogen and oxygen atoms in total. The number of nitrogens with two attached hydrogens (primary N) is 1. The second kappa shape index (κ2) is 4.79. The smallest absolute Gasteiger partial charge is 0.337 e. The molecular formula is C14H13NO3. The van der Waals surface area contributed by atoms with Gasteiger partial charge in [0, 0.05) is 5.69 Å². The van der Waals surface area contributed by atoms with E-state index in [1.165, 1.54) is 7.11 Å². The minimum atomic E-state index is -0.428. The first-order valence-corrected chi connectivity index (χ1v) is 5.38. The van der Waals surface area contributed by atoms with Gasteiger partial charge in [-0.25, -0.2) is 4.79 Å². The molecule has 0 bridgehead atoms. The highest BCUT2D eigenvalue weighted by molar-refractivity contribution is 5.92. The van der Waals surface area contributed by atoms with Crippen LogP contribution in [0.25, 0.3) is 11.1 Å². The van der Waals surface area contributed by atoms with Crippen molar-refractivity contribution in [1.82, 2.24) is 0 Å². The number of esters is 1. The van der Waals surface area contributed by atoms with E-state index >= 15 is 0 Å². The molecule has 0 aliphatic rings. The molecule has 0 saturated carbocycles. The SMILES string of the molecule is COC(=O)c1cc(N)cc(-c2ccc(O)cc2)c1. The lowest BCUT2D eigenvalue weighted by Crippen LogP contribution is -2.02. The zero-order valence-corrected chi connectivity index (χ0v) is 9.88. The lowest BCUT2D eigenvalue weighted by molar-refractivity contribution is 0.0601. The van der Waals surface area contributed by atoms with Crippen LogP contribution >= 0.6 is 0 Å². The molecule has 0 radical (unpaired) electrons. The molecule has 0 atom stereocenters. The molecule has 92 valence electrons. The van der Waals surface area contributed by atoms with Crippen LogP contribution in [0.1, 0.15) is 10.4 Å². The summed E-state index contributed by atoms with van der Waals surface area (Å²) in [5.41, 5.74) is 8.32. The van der Waals surface area contributed by atoms with Gasteiger partial charge in [-0.1, -0.05) is 12.1 Å². The van der Waals surface area contributed by atoms with Crippen molar-refractivity contribution < 1.29 is 14.6 Å². The van der Waals surface area contributed by atoms with Gasteiger partial charge in [0.1, 0.15) is 5.75 Å². The van der Waals surface area contributed by atoms with Gasteiger partial charge in [-0.2, -0.15) is 0 Å². The number of anilines is 1. The summed E-state index contributed by atoms with van der Waals surface area (Å²) in [4.78, 5) is 11.5. The highest BCUT2D eigenvalue weighted by Gasteiger charge is 2.08. The second-order valence-electron chi connectivity index (χ2n) is 3.88. The molecule has 0 aliphatic heterocycles. The van der Waals surface area contributed by atoms with E-state index in [0.29, 0.717) is 11.3 Å². The molecule has 3 N–H and O–H groups in total. The molecule has 2 aromatic rings. The zero-order chi connectivity index (χ0) is 13.1. The van der Waals surface area contributed by atoms with Crippen LogP contribution in [0.5, 0.6) is 5.75 Å². The third-order valence-electron chi connectivity index (χ3n) is 2.58. The van der Waals surface area contributed by atoms with Crippen LogP contribution in [0.15, 0.2) is 42.5 Å². The number of hydrogen-bond acceptors (Lipinski definition) is 4. The summed E-state index contributed by atoms with van der Waals surface area (Å²) in [6, 6.07) is 11.7. The standard InChI is InChI=1S/C14H13NO3/c1-18-14(17)11-6-10(7-12(15)8-11)9-2-4-13(16)5-3-9/h2-8,16H,15H2,1H3. The lowest BCUT2D eigenvalue weighted by atomic mass is 10.0. The Bertz CT molecular complexity index is 576. The number of ether oxygens (including phenoxy) is 1. The molecule has 4 heteroatoms. The van der Waals surface area contributed by atoms with Crippen LogP contribution in [0.2, 0.25) is 0 Å². The van der Waals surface area contributed by atoms with Gasteiger partial charge in [-0.15, -0.1) is 0 Å². The number of benzene rings is 2. The molecule has 0 aromatic heterocycles. The van der Waals surface area contributed by atoms with E-state index in [1.54, 1.807) is 42.5 Å². The third kappa shape index (κ3) is 2.43. The van der Waals surface area contributed by atoms with Crippen LogP contribution in [0.4, 0.5) is 5.69 Å². The summed E-state index contributed by atoms with van der Waals surface area (Å²) in [6.45, 7) is 0. The quantitative estimate of drug-likeness (QED) is 0.627. The molecular weight excluding hydrogens is 230 g/mol. The molecule has 0 spiro atoms. The Morgan fingerprint density at radius 2 is 1.78 bits per heavy atom. The van der Waals surface area contributed by atoms with Crippen LogP contribution < -0.4 is 5.73 Å². The second-order valence-corrected chi connectivity index (χ2v) is 3.88. The van der Waals surface area contributed by atoms with Crippen LogP contribution in [-0.2, 0) is 4.74 Å². The average molecular weight is 243 g/mol. The number of rotatable bonds is 2. The number of carbonyl (C=O) groups excluding carboxylic acids is 1. The summed E-state index contributed by atoms with van der Waals surface area (Å²) in [5.74, 6) is -0.238. The molecule has 18 heavy (non-hydrogen) atoms. The van der Waals surface area contributed by atoms with Gasteiger partial charge < -0.3 is 15.6 Å². The van der Waals surface area contributed by atoms with Crippen LogP contribution in [-0.4, -0.2) is 18.2 Å². The maximum absolute atomic E-state index is 11.5. The number of phenolic OH excluding ortho intramolecular Hbond substituents is 1. The molecule has 0 heterocycles. The number of aromatic hydroxyl groups is 1. The van der Waals surface area contributed by atoms with Gasteiger partial charge in [0.15, 0.2) is 0 Å². The largest absolute Gasteiger partial charge is 0.508 e. The van der Waals surface area contributed by atoms with Gasteiger partial charge in [0.05, 0.1) is 12.7 Å². The van der Waals surface area contributed by atoms with E-state index in [1.807, 2.05) is 0 Å². The van der Waals surface area contributed by atoms with Crippen molar-refractivity contribution >= 4 is 11.7 Å². The average Bonchev–Trinajstić information content (AvgIpc) is 2.38. The van der Waals surface area contributed by atoms with Crippen LogP contribution in [0, 0.1) is 0 Å². The molecule has 2 rings (SSSR count). The highest BCUT2D eigenvalue weighted by atomic mass is 16.5. The van der Waals surface area contributed by atoms with Gasteiger partial charge >= 0.3 is 5.97 Å². The van der Waals surface area contributed by atoms with E-state index < -0.39 is 5.97 Å². The fraction of sp³-hybridized carbons (Fsp3) is 0.0714. The van der Waals surface area contributed by atoms with Crippen LogP contribution in [0.3, 0.4) is 0 Å². The fourth-order valence-electron chi connectivity index (χ4n) is 1.71. The number of hydrogen-bond donors (Lipinski definition) is 2. The predicted octanol–water partition coefficient (Wildman–Crippen LogP) is 2.43. The van der Waals surface area contributed by atoms with E-state index in [2.05, 4.69) is 4.74 Å². The van der Waals surface area contributed by atoms with Crippen molar-refractivity contribution in [2.45, 2.75) is 0 Å². The molecule has 0 amide bonds. The van der Waals surface area contributed by atoms with Crippen molar-refractivity contribution in [2.75, 3.05) is 12.8 Å². The molecule has 0 saturated heterocycles. The first kappa shape index (κ1) is 12.0. The van der Waals surface area contributed by atoms with E-state index in [9.17, 15) is 9.90 Å². The maximum Gasteiger partial charge on any atom is 0.337 e. The van der Waals surface area contributed by atoms with Gasteiger partial charge in [0.25, 0.3) is 0 Å². The Balaban J connectivity index is 2.48. The Morgan fingerprint density at radius 1 is 1.11 bits per heavy atom. The monoisotopic (exact) mass is 243 g/mol. The predicted molar refractivity (Wildman–Crippen MR) is 69.3 cm³/mol. The summed E-state index contributed by atoms with van der Waals surface area (Å²) < 4.78 is 4.67. The Kier molecular flexibility index (Phi) is 3.19. The zero-order valence-electron chi connectivity index (χ0n) is 9.88. The van der Waals surface area contributed by atoms with Gasteiger partial charge in [-0.05, 0) is 41.5 Å². The number of nitrogen functional groups attached to an aromatic ring is 1. The lowest BCUT2D eigenvalue weighted by Gasteiger charge is -2.06. The van der Waals surface area contributed by atoms with Crippen molar-refractivity contribution in [3.8, 4) is 16.9 Å². The number of phenols is 1. The molecule has 0 fully saturated rings. The molecule has 2 aromatic carbocycles. The third-order valence-corrected chi connectivity index (χ3v) is 2.58. The number of methoxy groups -OCH3 is 1. The van der Waals surface area contributed by atoms with E-state index in [-0.39, 0.29) is 5.75 Å². The molecule has 0 aliphatic carbocycles. The summed E-state index contributed by atoms with van der Waals surface area (Å²) in [7, 11) is 1.33. The Morgan fingerprint density at radius 3 is 2.39 bits per heavy atom. The summed E-state index contributed by atoms with van der Waals surface area (Å²) in [5, 5.41) is 9.24. The normalized spacial score (nSPS) is 10.1. The van der Waals surface area contributed by atoms with Gasteiger partial charge in [0.2, 0.25) is 0 Å². The van der Waals surface area contributed by atoms with E-state index in [0.717, 1.165) is 11.1 Å². The fourth-order valence-corrected chi connectivity index (χ4v) is 1.71. The highest BCUT2D eigenvalue weighted by Crippen LogP contribution is 2.25. The number of carbonyl (C=O) groups is 1. The van der Waals surface area contributed by atoms with E-state index in [4.69, 9.17) is 5.73 Å². The molecule has 0 unspecified atom stereocenters. The summed E-state index contributed by atoms with van der Waals surface area (Å²) >= 11 is 0. The van der Waals surface area contributed by atoms with Crippen molar-refractivity contribution in [2.24, 2.45) is 0 Å².